The molecular weight excluding hydrogens is 264 g/mol. The number of hydrogen-bond donors (Lipinski definition) is 1. The Bertz CT molecular complexity index is 475. The first-order chi connectivity index (χ1) is 7.47. The molecule has 0 aliphatic carbocycles. The first kappa shape index (κ1) is 12.4. The summed E-state index contributed by atoms with van der Waals surface area (Å²) in [4.78, 5) is 0. The molecule has 4 nitrogen and oxygen atoms in total. The standard InChI is InChI=1S/C9H14N2O2S3/c1-7-6-8(14-9(7)16(10,12)13)15-11-4-2-3-5-11/h6H,2-5H2,1H3,(H2,10,12,13). The highest BCUT2D eigenvalue weighted by Gasteiger charge is 2.19. The molecule has 0 unspecified atom stereocenters. The van der Waals surface area contributed by atoms with Crippen molar-refractivity contribution >= 4 is 33.3 Å². The highest BCUT2D eigenvalue weighted by molar-refractivity contribution is 7.99. The lowest BCUT2D eigenvalue weighted by molar-refractivity contribution is 0.587. The number of nitrogens with two attached hydrogens (primary N) is 1. The average molecular weight is 278 g/mol. The van der Waals surface area contributed by atoms with Crippen LogP contribution in [0.5, 0.6) is 0 Å². The van der Waals surface area contributed by atoms with Gasteiger partial charge in [-0.3, -0.25) is 0 Å². The van der Waals surface area contributed by atoms with Gasteiger partial charge in [0, 0.05) is 13.1 Å². The van der Waals surface area contributed by atoms with Gasteiger partial charge in [0.15, 0.2) is 0 Å². The van der Waals surface area contributed by atoms with Crippen LogP contribution in [-0.2, 0) is 10.0 Å². The number of primary sulfonamides is 1. The van der Waals surface area contributed by atoms with Gasteiger partial charge < -0.3 is 0 Å². The molecule has 1 aromatic heterocycles. The Morgan fingerprint density at radius 3 is 2.56 bits per heavy atom. The summed E-state index contributed by atoms with van der Waals surface area (Å²) in [5.41, 5.74) is 0.745. The zero-order chi connectivity index (χ0) is 11.8. The third kappa shape index (κ3) is 2.78. The molecule has 0 amide bonds. The van der Waals surface area contributed by atoms with Gasteiger partial charge in [0.25, 0.3) is 0 Å². The first-order valence-electron chi connectivity index (χ1n) is 5.03. The molecule has 90 valence electrons. The van der Waals surface area contributed by atoms with Crippen LogP contribution in [0.3, 0.4) is 0 Å². The van der Waals surface area contributed by atoms with Crippen LogP contribution in [0.25, 0.3) is 0 Å². The summed E-state index contributed by atoms with van der Waals surface area (Å²) in [5, 5.41) is 5.14. The van der Waals surface area contributed by atoms with Gasteiger partial charge in [-0.15, -0.1) is 11.3 Å². The van der Waals surface area contributed by atoms with Gasteiger partial charge >= 0.3 is 0 Å². The van der Waals surface area contributed by atoms with Gasteiger partial charge in [-0.05, 0) is 43.3 Å². The minimum absolute atomic E-state index is 0.286. The van der Waals surface area contributed by atoms with E-state index in [2.05, 4.69) is 4.31 Å². The number of aryl methyl sites for hydroxylation is 1. The van der Waals surface area contributed by atoms with E-state index in [-0.39, 0.29) is 4.21 Å². The molecule has 0 spiro atoms. The third-order valence-corrected chi connectivity index (χ3v) is 6.40. The zero-order valence-electron chi connectivity index (χ0n) is 8.97. The predicted octanol–water partition coefficient (Wildman–Crippen LogP) is 1.81. The molecule has 1 fully saturated rings. The van der Waals surface area contributed by atoms with E-state index in [1.54, 1.807) is 18.9 Å². The summed E-state index contributed by atoms with van der Waals surface area (Å²) in [5.74, 6) is 0. The van der Waals surface area contributed by atoms with Gasteiger partial charge in [-0.1, -0.05) is 0 Å². The highest BCUT2D eigenvalue weighted by atomic mass is 32.3. The van der Waals surface area contributed by atoms with Crippen molar-refractivity contribution in [3.05, 3.63) is 11.6 Å². The summed E-state index contributed by atoms with van der Waals surface area (Å²) in [7, 11) is -3.56. The second kappa shape index (κ2) is 4.66. The second-order valence-corrected chi connectivity index (χ2v) is 8.01. The van der Waals surface area contributed by atoms with Gasteiger partial charge in [-0.2, -0.15) is 0 Å². The molecule has 0 aromatic carbocycles. The number of sulfonamides is 1. The Morgan fingerprint density at radius 1 is 1.44 bits per heavy atom. The second-order valence-electron chi connectivity index (χ2n) is 3.81. The molecule has 2 N–H and O–H groups in total. The molecule has 0 saturated carbocycles. The zero-order valence-corrected chi connectivity index (χ0v) is 11.4. The molecule has 0 bridgehead atoms. The van der Waals surface area contributed by atoms with Crippen LogP contribution in [0, 0.1) is 6.92 Å². The van der Waals surface area contributed by atoms with Crippen LogP contribution in [0.4, 0.5) is 0 Å². The summed E-state index contributed by atoms with van der Waals surface area (Å²) in [6, 6.07) is 1.90. The van der Waals surface area contributed by atoms with Crippen molar-refractivity contribution in [3.63, 3.8) is 0 Å². The number of rotatable bonds is 3. The Kier molecular flexibility index (Phi) is 3.60. The lowest BCUT2D eigenvalue weighted by atomic mass is 10.4. The van der Waals surface area contributed by atoms with E-state index in [4.69, 9.17) is 5.14 Å². The molecule has 1 saturated heterocycles. The van der Waals surface area contributed by atoms with Crippen molar-refractivity contribution in [1.29, 1.82) is 0 Å². The van der Waals surface area contributed by atoms with E-state index in [1.807, 2.05) is 6.07 Å². The number of nitrogens with zero attached hydrogens (tertiary/aromatic N) is 1. The smallest absolute Gasteiger partial charge is 0.246 e. The minimum atomic E-state index is -3.56. The van der Waals surface area contributed by atoms with E-state index < -0.39 is 10.0 Å². The molecular formula is C9H14N2O2S3. The average Bonchev–Trinajstić information content (AvgIpc) is 2.74. The molecule has 2 heterocycles. The Labute approximate surface area is 104 Å². The third-order valence-electron chi connectivity index (χ3n) is 2.39. The summed E-state index contributed by atoms with van der Waals surface area (Å²) in [6.45, 7) is 3.93. The van der Waals surface area contributed by atoms with Gasteiger partial charge in [0.1, 0.15) is 4.21 Å². The molecule has 16 heavy (non-hydrogen) atoms. The monoisotopic (exact) mass is 278 g/mol. The van der Waals surface area contributed by atoms with E-state index in [9.17, 15) is 8.42 Å². The van der Waals surface area contributed by atoms with Crippen molar-refractivity contribution in [2.45, 2.75) is 28.2 Å². The fourth-order valence-corrected chi connectivity index (χ4v) is 5.35. The summed E-state index contributed by atoms with van der Waals surface area (Å²) in [6.07, 6.45) is 2.44. The maximum Gasteiger partial charge on any atom is 0.247 e. The normalized spacial score (nSPS) is 18.1. The number of hydrogen-bond acceptors (Lipinski definition) is 5. The van der Waals surface area contributed by atoms with Crippen molar-refractivity contribution in [3.8, 4) is 0 Å². The molecule has 1 aliphatic heterocycles. The van der Waals surface area contributed by atoms with Gasteiger partial charge in [-0.25, -0.2) is 17.9 Å². The lowest BCUT2D eigenvalue weighted by Gasteiger charge is -2.10. The minimum Gasteiger partial charge on any atom is -0.246 e. The van der Waals surface area contributed by atoms with Crippen molar-refractivity contribution in [1.82, 2.24) is 4.31 Å². The van der Waals surface area contributed by atoms with Crippen LogP contribution in [-0.4, -0.2) is 25.8 Å². The topological polar surface area (TPSA) is 63.4 Å². The summed E-state index contributed by atoms with van der Waals surface area (Å²) >= 11 is 2.90. The maximum atomic E-state index is 11.3. The van der Waals surface area contributed by atoms with Crippen molar-refractivity contribution < 1.29 is 8.42 Å². The first-order valence-corrected chi connectivity index (χ1v) is 8.16. The van der Waals surface area contributed by atoms with E-state index in [0.29, 0.717) is 0 Å². The van der Waals surface area contributed by atoms with Gasteiger partial charge in [0.05, 0.1) is 4.21 Å². The molecule has 1 aromatic rings. The largest absolute Gasteiger partial charge is 0.247 e. The molecule has 0 atom stereocenters. The quantitative estimate of drug-likeness (QED) is 0.857. The highest BCUT2D eigenvalue weighted by Crippen LogP contribution is 2.35. The van der Waals surface area contributed by atoms with E-state index >= 15 is 0 Å². The van der Waals surface area contributed by atoms with Crippen molar-refractivity contribution in [2.75, 3.05) is 13.1 Å². The fourth-order valence-electron chi connectivity index (χ4n) is 1.67. The fraction of sp³-hybridized carbons (Fsp3) is 0.556. The number of thiophene rings is 1. The maximum absolute atomic E-state index is 11.3. The Balaban J connectivity index is 2.17. The molecule has 2 rings (SSSR count). The molecule has 1 aliphatic rings. The molecule has 0 radical (unpaired) electrons. The summed E-state index contributed by atoms with van der Waals surface area (Å²) < 4.78 is 26.1. The van der Waals surface area contributed by atoms with Crippen LogP contribution < -0.4 is 5.14 Å². The van der Waals surface area contributed by atoms with Gasteiger partial charge in [0.2, 0.25) is 10.0 Å². The van der Waals surface area contributed by atoms with Crippen LogP contribution in [0.15, 0.2) is 14.5 Å². The lowest BCUT2D eigenvalue weighted by Crippen LogP contribution is -2.11. The predicted molar refractivity (Wildman–Crippen MR) is 67.1 cm³/mol. The van der Waals surface area contributed by atoms with E-state index in [0.717, 1.165) is 22.9 Å². The Morgan fingerprint density at radius 2 is 2.06 bits per heavy atom. The van der Waals surface area contributed by atoms with E-state index in [1.165, 1.54) is 24.2 Å². The van der Waals surface area contributed by atoms with Crippen LogP contribution in [0.2, 0.25) is 0 Å². The molecule has 7 heteroatoms. The van der Waals surface area contributed by atoms with Crippen LogP contribution >= 0.6 is 23.3 Å². The van der Waals surface area contributed by atoms with Crippen molar-refractivity contribution in [2.24, 2.45) is 5.14 Å². The SMILES string of the molecule is Cc1cc(SN2CCCC2)sc1S(N)(=O)=O. The Hall–Kier alpha value is -0.0800. The van der Waals surface area contributed by atoms with Crippen LogP contribution in [0.1, 0.15) is 18.4 Å².